The van der Waals surface area contributed by atoms with E-state index in [4.69, 9.17) is 0 Å². The first-order chi connectivity index (χ1) is 8.95. The van der Waals surface area contributed by atoms with Crippen molar-refractivity contribution in [2.24, 2.45) is 0 Å². The maximum Gasteiger partial charge on any atom is 0.314 e. The highest BCUT2D eigenvalue weighted by molar-refractivity contribution is 5.91. The summed E-state index contributed by atoms with van der Waals surface area (Å²) in [7, 11) is 1.19. The number of carbonyl (C=O) groups is 2. The van der Waals surface area contributed by atoms with E-state index >= 15 is 0 Å². The quantitative estimate of drug-likeness (QED) is 0.653. The normalized spacial score (nSPS) is 11.5. The first-order valence-electron chi connectivity index (χ1n) is 5.41. The third-order valence-electron chi connectivity index (χ3n) is 2.47. The van der Waals surface area contributed by atoms with Gasteiger partial charge in [0.05, 0.1) is 13.0 Å². The molecule has 19 heavy (non-hydrogen) atoms. The molecule has 0 spiro atoms. The molecule has 1 aromatic carbocycles. The molecule has 0 bridgehead atoms. The van der Waals surface area contributed by atoms with Gasteiger partial charge in [0.2, 0.25) is 0 Å². The second-order valence-corrected chi connectivity index (χ2v) is 3.74. The van der Waals surface area contributed by atoms with E-state index in [-0.39, 0.29) is 6.54 Å². The average Bonchev–Trinajstić information content (AvgIpc) is 2.40. The van der Waals surface area contributed by atoms with Gasteiger partial charge in [-0.1, -0.05) is 18.7 Å². The van der Waals surface area contributed by atoms with Gasteiger partial charge in [-0.3, -0.25) is 9.59 Å². The Morgan fingerprint density at radius 3 is 2.42 bits per heavy atom. The lowest BCUT2D eigenvalue weighted by Crippen LogP contribution is -2.32. The second-order valence-electron chi connectivity index (χ2n) is 3.74. The van der Waals surface area contributed by atoms with E-state index in [0.29, 0.717) is 5.56 Å². The number of benzene rings is 1. The zero-order chi connectivity index (χ0) is 14.4. The summed E-state index contributed by atoms with van der Waals surface area (Å²) in [6, 6.07) is 5.16. The maximum absolute atomic E-state index is 12.8. The molecular formula is C13H13F2NO3. The Bertz CT molecular complexity index is 485. The van der Waals surface area contributed by atoms with Gasteiger partial charge in [-0.15, -0.1) is 0 Å². The van der Waals surface area contributed by atoms with Crippen molar-refractivity contribution >= 4 is 11.9 Å². The van der Waals surface area contributed by atoms with Gasteiger partial charge in [0.1, 0.15) is 5.82 Å². The van der Waals surface area contributed by atoms with Crippen LogP contribution in [0.2, 0.25) is 0 Å². The number of nitrogens with one attached hydrogen (secondary N) is 1. The van der Waals surface area contributed by atoms with Crippen LogP contribution in [0.3, 0.4) is 0 Å². The molecule has 0 aromatic heterocycles. The Morgan fingerprint density at radius 2 is 1.95 bits per heavy atom. The van der Waals surface area contributed by atoms with E-state index in [9.17, 15) is 18.4 Å². The molecule has 1 atom stereocenters. The number of rotatable bonds is 5. The number of amides is 1. The summed E-state index contributed by atoms with van der Waals surface area (Å²) in [5, 5.41) is 2.20. The monoisotopic (exact) mass is 269 g/mol. The van der Waals surface area contributed by atoms with E-state index in [1.165, 1.54) is 31.4 Å². The SMILES string of the molecule is C=C(F)C(=O)NCC(C(=O)OC)c1ccc(F)cc1. The summed E-state index contributed by atoms with van der Waals surface area (Å²) in [6.07, 6.45) is 0. The number of halogens is 2. The van der Waals surface area contributed by atoms with Crippen molar-refractivity contribution in [1.29, 1.82) is 0 Å². The zero-order valence-corrected chi connectivity index (χ0v) is 10.3. The van der Waals surface area contributed by atoms with Crippen molar-refractivity contribution < 1.29 is 23.1 Å². The third-order valence-corrected chi connectivity index (χ3v) is 2.47. The smallest absolute Gasteiger partial charge is 0.314 e. The largest absolute Gasteiger partial charge is 0.468 e. The summed E-state index contributed by atoms with van der Waals surface area (Å²) in [5.41, 5.74) is 0.457. The van der Waals surface area contributed by atoms with Crippen molar-refractivity contribution in [2.45, 2.75) is 5.92 Å². The van der Waals surface area contributed by atoms with E-state index in [1.807, 2.05) is 0 Å². The van der Waals surface area contributed by atoms with Gasteiger partial charge >= 0.3 is 5.97 Å². The molecule has 0 aliphatic heterocycles. The lowest BCUT2D eigenvalue weighted by Gasteiger charge is -2.15. The molecule has 6 heteroatoms. The highest BCUT2D eigenvalue weighted by Crippen LogP contribution is 2.17. The van der Waals surface area contributed by atoms with E-state index in [2.05, 4.69) is 16.6 Å². The lowest BCUT2D eigenvalue weighted by atomic mass is 9.99. The highest BCUT2D eigenvalue weighted by atomic mass is 19.1. The number of carbonyl (C=O) groups excluding carboxylic acids is 2. The van der Waals surface area contributed by atoms with E-state index < -0.39 is 29.4 Å². The van der Waals surface area contributed by atoms with Crippen LogP contribution in [0.1, 0.15) is 11.5 Å². The average molecular weight is 269 g/mol. The second kappa shape index (κ2) is 6.63. The molecule has 0 saturated carbocycles. The van der Waals surface area contributed by atoms with Gasteiger partial charge in [-0.05, 0) is 17.7 Å². The summed E-state index contributed by atoms with van der Waals surface area (Å²) in [5.74, 6) is -4.06. The summed E-state index contributed by atoms with van der Waals surface area (Å²) < 4.78 is 29.9. The van der Waals surface area contributed by atoms with Crippen molar-refractivity contribution in [3.05, 3.63) is 48.1 Å². The fraction of sp³-hybridized carbons (Fsp3) is 0.231. The Kier molecular flexibility index (Phi) is 5.17. The van der Waals surface area contributed by atoms with Gasteiger partial charge < -0.3 is 10.1 Å². The van der Waals surface area contributed by atoms with E-state index in [1.54, 1.807) is 0 Å². The lowest BCUT2D eigenvalue weighted by molar-refractivity contribution is -0.142. The predicted octanol–water partition coefficient (Wildman–Crippen LogP) is 1.68. The number of ether oxygens (including phenoxy) is 1. The van der Waals surface area contributed by atoms with Gasteiger partial charge in [0.15, 0.2) is 5.83 Å². The molecule has 0 saturated heterocycles. The third kappa shape index (κ3) is 4.17. The van der Waals surface area contributed by atoms with Crippen LogP contribution >= 0.6 is 0 Å². The van der Waals surface area contributed by atoms with Crippen LogP contribution in [0.4, 0.5) is 8.78 Å². The minimum absolute atomic E-state index is 0.167. The topological polar surface area (TPSA) is 55.4 Å². The molecule has 1 unspecified atom stereocenters. The minimum Gasteiger partial charge on any atom is -0.468 e. The zero-order valence-electron chi connectivity index (χ0n) is 10.3. The summed E-state index contributed by atoms with van der Waals surface area (Å²) in [4.78, 5) is 22.6. The standard InChI is InChI=1S/C13H13F2NO3/c1-8(14)12(17)16-7-11(13(18)19-2)9-3-5-10(15)6-4-9/h3-6,11H,1,7H2,2H3,(H,16,17). The van der Waals surface area contributed by atoms with Crippen LogP contribution in [0.25, 0.3) is 0 Å². The van der Waals surface area contributed by atoms with Gasteiger partial charge in [0.25, 0.3) is 5.91 Å². The number of methoxy groups -OCH3 is 1. The first kappa shape index (κ1) is 14.8. The molecular weight excluding hydrogens is 256 g/mol. The highest BCUT2D eigenvalue weighted by Gasteiger charge is 2.22. The molecule has 1 amide bonds. The van der Waals surface area contributed by atoms with Crippen LogP contribution in [-0.4, -0.2) is 25.5 Å². The molecule has 4 nitrogen and oxygen atoms in total. The number of hydrogen-bond donors (Lipinski definition) is 1. The number of hydrogen-bond acceptors (Lipinski definition) is 3. The Morgan fingerprint density at radius 1 is 1.37 bits per heavy atom. The molecule has 0 fully saturated rings. The molecule has 1 aromatic rings. The first-order valence-corrected chi connectivity index (χ1v) is 5.41. The molecule has 1 N–H and O–H groups in total. The maximum atomic E-state index is 12.8. The Balaban J connectivity index is 2.84. The van der Waals surface area contributed by atoms with Crippen molar-refractivity contribution in [3.63, 3.8) is 0 Å². The van der Waals surface area contributed by atoms with E-state index in [0.717, 1.165) is 0 Å². The van der Waals surface area contributed by atoms with Crippen molar-refractivity contribution in [3.8, 4) is 0 Å². The predicted molar refractivity (Wildman–Crippen MR) is 64.4 cm³/mol. The van der Waals surface area contributed by atoms with Gasteiger partial charge in [0, 0.05) is 6.54 Å². The summed E-state index contributed by atoms with van der Waals surface area (Å²) >= 11 is 0. The summed E-state index contributed by atoms with van der Waals surface area (Å²) in [6.45, 7) is 2.67. The Hall–Kier alpha value is -2.24. The van der Waals surface area contributed by atoms with Crippen LogP contribution < -0.4 is 5.32 Å². The van der Waals surface area contributed by atoms with Crippen LogP contribution in [-0.2, 0) is 14.3 Å². The van der Waals surface area contributed by atoms with Crippen LogP contribution in [0.15, 0.2) is 36.7 Å². The molecule has 102 valence electrons. The molecule has 0 aliphatic carbocycles. The van der Waals surface area contributed by atoms with Crippen molar-refractivity contribution in [2.75, 3.05) is 13.7 Å². The minimum atomic E-state index is -1.15. The van der Waals surface area contributed by atoms with Crippen LogP contribution in [0, 0.1) is 5.82 Å². The fourth-order valence-electron chi connectivity index (χ4n) is 1.47. The molecule has 1 rings (SSSR count). The van der Waals surface area contributed by atoms with Gasteiger partial charge in [-0.25, -0.2) is 8.78 Å². The molecule has 0 heterocycles. The van der Waals surface area contributed by atoms with Crippen LogP contribution in [0.5, 0.6) is 0 Å². The molecule has 0 radical (unpaired) electrons. The molecule has 0 aliphatic rings. The fourth-order valence-corrected chi connectivity index (χ4v) is 1.47. The van der Waals surface area contributed by atoms with Gasteiger partial charge in [-0.2, -0.15) is 0 Å². The Labute approximate surface area is 109 Å². The number of esters is 1. The van der Waals surface area contributed by atoms with Crippen molar-refractivity contribution in [1.82, 2.24) is 5.32 Å².